The van der Waals surface area contributed by atoms with E-state index in [9.17, 15) is 15.0 Å². The molecule has 0 unspecified atom stereocenters. The first-order valence-electron chi connectivity index (χ1n) is 22.2. The zero-order chi connectivity index (χ0) is 40.2. The van der Waals surface area contributed by atoms with Crippen molar-refractivity contribution in [2.75, 3.05) is 26.7 Å². The Kier molecular flexibility index (Phi) is 13.9. The summed E-state index contributed by atoms with van der Waals surface area (Å²) in [6.07, 6.45) is 14.4. The number of benzene rings is 2. The Hall–Kier alpha value is -3.00. The number of aromatic nitrogens is 2. The standard InChI is InChI=1S/C27H46O2.C22H27N3O2/c1-17(2)7-6-8-18(3)21-9-10-22-25-23(12-14-27(21,22)5)26(4)13-11-20(28)15-19(26)16-24(25)29;1-4-24(5-2)14-15-25-21-9-7-6-8-19(21)23-20(22(25)26)16-17-10-12-18(27-3)13-11-17/h16-18,20-25,28-29H,6-15H2,1-5H3;6-13H,4-5,14-16H2,1-3H3/t18-,20+,21-,22+,23+,24+,25+,26+,27-;/m1./s1. The Morgan fingerprint density at radius 3 is 2.36 bits per heavy atom. The SMILES string of the molecule is CC(C)CCC[C@@H](C)[C@H]1CC[C@H]2[C@@H]3[C@@H](O)C=C4C[C@@H](O)CC[C@]4(C)[C@H]3CC[C@]12C.CCN(CC)CCn1c(=O)c(Cc2ccc(OC)cc2)nc2ccccc21. The van der Waals surface area contributed by atoms with Crippen LogP contribution in [0.3, 0.4) is 0 Å². The molecule has 0 bridgehead atoms. The maximum Gasteiger partial charge on any atom is 0.273 e. The highest BCUT2D eigenvalue weighted by molar-refractivity contribution is 5.74. The molecule has 0 spiro atoms. The molecule has 0 amide bonds. The maximum absolute atomic E-state index is 13.2. The molecule has 1 aromatic heterocycles. The lowest BCUT2D eigenvalue weighted by atomic mass is 9.46. The van der Waals surface area contributed by atoms with Crippen LogP contribution in [0.25, 0.3) is 11.0 Å². The van der Waals surface area contributed by atoms with Crippen molar-refractivity contribution in [3.8, 4) is 5.75 Å². The first-order valence-corrected chi connectivity index (χ1v) is 22.2. The van der Waals surface area contributed by atoms with Gasteiger partial charge in [-0.1, -0.05) is 104 Å². The van der Waals surface area contributed by atoms with E-state index in [1.807, 2.05) is 53.1 Å². The molecular weight excluding hydrogens is 695 g/mol. The van der Waals surface area contributed by atoms with Crippen molar-refractivity contribution in [2.45, 2.75) is 138 Å². The normalized spacial score (nSPS) is 30.2. The number of hydrogen-bond acceptors (Lipinski definition) is 6. The molecule has 7 heteroatoms. The first kappa shape index (κ1) is 42.6. The number of rotatable bonds is 13. The molecule has 0 radical (unpaired) electrons. The van der Waals surface area contributed by atoms with Crippen molar-refractivity contribution in [1.82, 2.24) is 14.5 Å². The molecule has 0 saturated heterocycles. The van der Waals surface area contributed by atoms with Gasteiger partial charge in [0.25, 0.3) is 5.56 Å². The molecule has 3 aromatic rings. The van der Waals surface area contributed by atoms with Crippen LogP contribution in [0.2, 0.25) is 0 Å². The Balaban J connectivity index is 0.000000190. The number of fused-ring (bicyclic) bond motifs is 6. The second kappa shape index (κ2) is 18.3. The fourth-order valence-electron chi connectivity index (χ4n) is 12.0. The van der Waals surface area contributed by atoms with E-state index in [1.165, 1.54) is 50.5 Å². The van der Waals surface area contributed by atoms with Gasteiger partial charge in [0.2, 0.25) is 0 Å². The van der Waals surface area contributed by atoms with Crippen molar-refractivity contribution < 1.29 is 14.9 Å². The van der Waals surface area contributed by atoms with Gasteiger partial charge in [-0.25, -0.2) is 4.98 Å². The van der Waals surface area contributed by atoms with E-state index in [4.69, 9.17) is 4.74 Å². The predicted molar refractivity (Wildman–Crippen MR) is 230 cm³/mol. The van der Waals surface area contributed by atoms with Crippen LogP contribution in [0.15, 0.2) is 65.0 Å². The van der Waals surface area contributed by atoms with Gasteiger partial charge in [-0.05, 0) is 134 Å². The number of aliphatic hydroxyl groups excluding tert-OH is 2. The van der Waals surface area contributed by atoms with Crippen LogP contribution in [0.4, 0.5) is 0 Å². The van der Waals surface area contributed by atoms with Gasteiger partial charge in [0.15, 0.2) is 0 Å². The molecule has 9 atom stereocenters. The lowest BCUT2D eigenvalue weighted by Gasteiger charge is -2.59. The molecule has 1 heterocycles. The molecule has 308 valence electrons. The summed E-state index contributed by atoms with van der Waals surface area (Å²) in [4.78, 5) is 20.1. The average Bonchev–Trinajstić information content (AvgIpc) is 3.54. The Labute approximate surface area is 338 Å². The van der Waals surface area contributed by atoms with E-state index in [1.54, 1.807) is 7.11 Å². The molecule has 2 N–H and O–H groups in total. The highest BCUT2D eigenvalue weighted by Crippen LogP contribution is 2.67. The third kappa shape index (κ3) is 8.85. The van der Waals surface area contributed by atoms with Gasteiger partial charge in [-0.3, -0.25) is 4.79 Å². The van der Waals surface area contributed by atoms with Gasteiger partial charge in [0.05, 0.1) is 30.4 Å². The average molecular weight is 768 g/mol. The summed E-state index contributed by atoms with van der Waals surface area (Å²) in [6, 6.07) is 15.7. The van der Waals surface area contributed by atoms with Gasteiger partial charge < -0.3 is 24.4 Å². The second-order valence-electron chi connectivity index (χ2n) is 18.9. The van der Waals surface area contributed by atoms with Crippen molar-refractivity contribution >= 4 is 11.0 Å². The zero-order valence-corrected chi connectivity index (χ0v) is 36.0. The van der Waals surface area contributed by atoms with Crippen molar-refractivity contribution in [2.24, 2.45) is 46.3 Å². The van der Waals surface area contributed by atoms with Crippen LogP contribution in [0.1, 0.15) is 124 Å². The van der Waals surface area contributed by atoms with E-state index in [0.29, 0.717) is 41.8 Å². The van der Waals surface area contributed by atoms with Gasteiger partial charge in [-0.2, -0.15) is 0 Å². The van der Waals surface area contributed by atoms with Gasteiger partial charge >= 0.3 is 0 Å². The van der Waals surface area contributed by atoms with E-state index in [2.05, 4.69) is 64.4 Å². The summed E-state index contributed by atoms with van der Waals surface area (Å²) in [7, 11) is 1.65. The van der Waals surface area contributed by atoms with Crippen LogP contribution in [-0.2, 0) is 13.0 Å². The summed E-state index contributed by atoms with van der Waals surface area (Å²) in [5.74, 6) is 4.99. The molecule has 4 aliphatic carbocycles. The molecule has 3 fully saturated rings. The summed E-state index contributed by atoms with van der Waals surface area (Å²) in [6.45, 7) is 20.0. The number of para-hydroxylation sites is 2. The maximum atomic E-state index is 13.2. The molecule has 7 nitrogen and oxygen atoms in total. The second-order valence-corrected chi connectivity index (χ2v) is 18.9. The van der Waals surface area contributed by atoms with Crippen molar-refractivity contribution in [3.63, 3.8) is 0 Å². The highest BCUT2D eigenvalue weighted by Gasteiger charge is 2.61. The lowest BCUT2D eigenvalue weighted by molar-refractivity contribution is -0.0970. The molecule has 0 aliphatic heterocycles. The van der Waals surface area contributed by atoms with Crippen LogP contribution in [0, 0.1) is 46.3 Å². The molecule has 3 saturated carbocycles. The number of aliphatic hydroxyl groups is 2. The lowest BCUT2D eigenvalue weighted by Crippen LogP contribution is -2.54. The number of nitrogens with zero attached hydrogens (tertiary/aromatic N) is 3. The minimum atomic E-state index is -0.298. The molecule has 56 heavy (non-hydrogen) atoms. The molecular formula is C49H73N3O4. The van der Waals surface area contributed by atoms with E-state index in [0.717, 1.165) is 79.0 Å². The zero-order valence-electron chi connectivity index (χ0n) is 36.0. The third-order valence-corrected chi connectivity index (χ3v) is 15.3. The minimum absolute atomic E-state index is 0.00308. The van der Waals surface area contributed by atoms with Crippen LogP contribution < -0.4 is 10.3 Å². The number of ether oxygens (including phenoxy) is 1. The number of hydrogen-bond donors (Lipinski definition) is 2. The van der Waals surface area contributed by atoms with Gasteiger partial charge in [0, 0.05) is 19.5 Å². The smallest absolute Gasteiger partial charge is 0.273 e. The summed E-state index contributed by atoms with van der Waals surface area (Å²) in [5.41, 5.74) is 5.38. The molecule has 2 aromatic carbocycles. The topological polar surface area (TPSA) is 87.8 Å². The quantitative estimate of drug-likeness (QED) is 0.169. The molecule has 7 rings (SSSR count). The summed E-state index contributed by atoms with van der Waals surface area (Å²) in [5, 5.41) is 21.5. The van der Waals surface area contributed by atoms with Crippen LogP contribution in [0.5, 0.6) is 5.75 Å². The van der Waals surface area contributed by atoms with E-state index < -0.39 is 0 Å². The molecule has 4 aliphatic rings. The number of likely N-dealkylation sites (N-methyl/N-ethyl adjacent to an activating group) is 1. The summed E-state index contributed by atoms with van der Waals surface area (Å²) >= 11 is 0. The minimum Gasteiger partial charge on any atom is -0.497 e. The van der Waals surface area contributed by atoms with Gasteiger partial charge in [0.1, 0.15) is 11.4 Å². The van der Waals surface area contributed by atoms with Crippen molar-refractivity contribution in [3.05, 3.63) is 81.8 Å². The van der Waals surface area contributed by atoms with Crippen LogP contribution in [-0.4, -0.2) is 63.6 Å². The Morgan fingerprint density at radius 2 is 1.66 bits per heavy atom. The monoisotopic (exact) mass is 768 g/mol. The first-order chi connectivity index (χ1) is 26.8. The van der Waals surface area contributed by atoms with Crippen LogP contribution >= 0.6 is 0 Å². The predicted octanol–water partition coefficient (Wildman–Crippen LogP) is 9.70. The van der Waals surface area contributed by atoms with Crippen molar-refractivity contribution in [1.29, 1.82) is 0 Å². The summed E-state index contributed by atoms with van der Waals surface area (Å²) < 4.78 is 7.08. The van der Waals surface area contributed by atoms with Gasteiger partial charge in [-0.15, -0.1) is 0 Å². The van der Waals surface area contributed by atoms with E-state index in [-0.39, 0.29) is 23.2 Å². The Bertz CT molecular complexity index is 1830. The fraction of sp³-hybridized carbons (Fsp3) is 0.673. The van der Waals surface area contributed by atoms with E-state index >= 15 is 0 Å². The Morgan fingerprint density at radius 1 is 0.929 bits per heavy atom. The number of methoxy groups -OCH3 is 1. The third-order valence-electron chi connectivity index (χ3n) is 15.3. The highest BCUT2D eigenvalue weighted by atomic mass is 16.5. The fourth-order valence-corrected chi connectivity index (χ4v) is 12.0. The largest absolute Gasteiger partial charge is 0.497 e.